The van der Waals surface area contributed by atoms with Crippen LogP contribution in [-0.2, 0) is 24.2 Å². The normalized spacial score (nSPS) is 19.1. The summed E-state index contributed by atoms with van der Waals surface area (Å²) in [6.07, 6.45) is 8.48. The van der Waals surface area contributed by atoms with Crippen molar-refractivity contribution < 1.29 is 19.0 Å². The van der Waals surface area contributed by atoms with Gasteiger partial charge in [0.25, 0.3) is 0 Å². The number of carbonyl (C=O) groups excluding carboxylic acids is 1. The molecule has 42 heavy (non-hydrogen) atoms. The van der Waals surface area contributed by atoms with Gasteiger partial charge in [0, 0.05) is 25.7 Å². The lowest BCUT2D eigenvalue weighted by molar-refractivity contribution is -0.142. The second kappa shape index (κ2) is 14.6. The predicted molar refractivity (Wildman–Crippen MR) is 167 cm³/mol. The molecule has 3 atom stereocenters. The molecule has 5 rings (SSSR count). The number of rotatable bonds is 15. The molecule has 3 unspecified atom stereocenters. The molecule has 2 heterocycles. The summed E-state index contributed by atoms with van der Waals surface area (Å²) >= 11 is 0. The van der Waals surface area contributed by atoms with Gasteiger partial charge in [0.2, 0.25) is 11.7 Å². The molecule has 2 saturated heterocycles. The molecule has 3 aromatic rings. The molecule has 2 fully saturated rings. The molecule has 6 nitrogen and oxygen atoms in total. The Balaban J connectivity index is 1.23. The van der Waals surface area contributed by atoms with Gasteiger partial charge in [-0.15, -0.1) is 0 Å². The molecule has 2 aliphatic heterocycles. The van der Waals surface area contributed by atoms with Crippen LogP contribution >= 0.6 is 0 Å². The first-order valence-corrected chi connectivity index (χ1v) is 15.5. The van der Waals surface area contributed by atoms with Crippen LogP contribution in [0.2, 0.25) is 0 Å². The molecule has 2 bridgehead atoms. The van der Waals surface area contributed by atoms with Crippen molar-refractivity contribution in [2.24, 2.45) is 5.92 Å². The maximum atomic E-state index is 13.8. The van der Waals surface area contributed by atoms with Gasteiger partial charge in [0.15, 0.2) is 11.5 Å². The zero-order chi connectivity index (χ0) is 29.3. The van der Waals surface area contributed by atoms with Crippen molar-refractivity contribution in [3.05, 3.63) is 89.5 Å². The van der Waals surface area contributed by atoms with E-state index in [1.54, 1.807) is 21.3 Å². The van der Waals surface area contributed by atoms with E-state index in [2.05, 4.69) is 82.6 Å². The smallest absolute Gasteiger partial charge is 0.240 e. The Labute approximate surface area is 251 Å². The molecular formula is C36H46N2O4. The van der Waals surface area contributed by atoms with Crippen LogP contribution in [0.15, 0.2) is 72.8 Å². The molecule has 0 N–H and O–H groups in total. The van der Waals surface area contributed by atoms with E-state index in [0.717, 1.165) is 71.0 Å². The van der Waals surface area contributed by atoms with Gasteiger partial charge in [-0.1, -0.05) is 60.7 Å². The number of hydrogen-bond donors (Lipinski definition) is 0. The fourth-order valence-corrected chi connectivity index (χ4v) is 6.90. The summed E-state index contributed by atoms with van der Waals surface area (Å²) in [5, 5.41) is 0. The average molecular weight is 571 g/mol. The number of likely N-dealkylation sites (tertiary alicyclic amines) is 1. The molecule has 6 heteroatoms. The first-order valence-electron chi connectivity index (χ1n) is 15.5. The van der Waals surface area contributed by atoms with Gasteiger partial charge < -0.3 is 19.1 Å². The number of aryl methyl sites for hydroxylation is 2. The van der Waals surface area contributed by atoms with Gasteiger partial charge in [-0.2, -0.15) is 0 Å². The zero-order valence-electron chi connectivity index (χ0n) is 25.5. The van der Waals surface area contributed by atoms with Crippen molar-refractivity contribution >= 4 is 5.91 Å². The van der Waals surface area contributed by atoms with Crippen molar-refractivity contribution in [3.63, 3.8) is 0 Å². The molecule has 2 aliphatic rings. The number of carbonyl (C=O) groups is 1. The minimum absolute atomic E-state index is 0.0214. The molecular weight excluding hydrogens is 524 g/mol. The lowest BCUT2D eigenvalue weighted by atomic mass is 9.92. The molecule has 1 amide bonds. The monoisotopic (exact) mass is 570 g/mol. The third kappa shape index (κ3) is 7.27. The van der Waals surface area contributed by atoms with E-state index in [4.69, 9.17) is 14.2 Å². The van der Waals surface area contributed by atoms with Crippen LogP contribution in [0, 0.1) is 5.92 Å². The van der Waals surface area contributed by atoms with E-state index in [1.165, 1.54) is 16.7 Å². The van der Waals surface area contributed by atoms with Crippen LogP contribution in [-0.4, -0.2) is 62.2 Å². The fourth-order valence-electron chi connectivity index (χ4n) is 6.90. The second-order valence-corrected chi connectivity index (χ2v) is 11.8. The minimum atomic E-state index is 0.0214. The Morgan fingerprint density at radius 2 is 1.36 bits per heavy atom. The van der Waals surface area contributed by atoms with Crippen LogP contribution in [0.1, 0.15) is 55.2 Å². The maximum absolute atomic E-state index is 13.8. The maximum Gasteiger partial charge on any atom is 0.240 e. The van der Waals surface area contributed by atoms with Gasteiger partial charge >= 0.3 is 0 Å². The standard InChI is InChI=1S/C36H46N2O4/c1-40-33-22-30(23-34(41-2)35(33)42-3)19-11-18-28(17-10-16-27-12-6-4-7-13-27)24-37-26-31-20-21-32(36(37)39)38(31)25-29-14-8-5-9-15-29/h4-9,12-15,22-23,28,31-32H,10-11,16-21,24-26H2,1-3H3. The summed E-state index contributed by atoms with van der Waals surface area (Å²) in [7, 11) is 4.95. The van der Waals surface area contributed by atoms with Crippen LogP contribution in [0.4, 0.5) is 0 Å². The lowest BCUT2D eigenvalue weighted by Gasteiger charge is -2.41. The number of methoxy groups -OCH3 is 3. The summed E-state index contributed by atoms with van der Waals surface area (Å²) in [6.45, 7) is 2.57. The predicted octanol–water partition coefficient (Wildman–Crippen LogP) is 6.55. The van der Waals surface area contributed by atoms with Crippen molar-refractivity contribution in [3.8, 4) is 17.2 Å². The highest BCUT2D eigenvalue weighted by Crippen LogP contribution is 2.39. The summed E-state index contributed by atoms with van der Waals surface area (Å²) in [5.41, 5.74) is 3.86. The number of benzene rings is 3. The minimum Gasteiger partial charge on any atom is -0.493 e. The van der Waals surface area contributed by atoms with Gasteiger partial charge in [-0.25, -0.2) is 0 Å². The first-order chi connectivity index (χ1) is 20.6. The number of amides is 1. The molecule has 0 spiro atoms. The number of piperazine rings is 1. The highest BCUT2D eigenvalue weighted by atomic mass is 16.5. The van der Waals surface area contributed by atoms with E-state index in [1.807, 2.05) is 0 Å². The Morgan fingerprint density at radius 1 is 0.762 bits per heavy atom. The molecule has 0 aliphatic carbocycles. The lowest BCUT2D eigenvalue weighted by Crippen LogP contribution is -2.57. The highest BCUT2D eigenvalue weighted by molar-refractivity contribution is 5.83. The molecule has 0 radical (unpaired) electrons. The highest BCUT2D eigenvalue weighted by Gasteiger charge is 2.45. The largest absolute Gasteiger partial charge is 0.493 e. The molecule has 224 valence electrons. The Bertz CT molecular complexity index is 1260. The van der Waals surface area contributed by atoms with Crippen molar-refractivity contribution in [2.45, 2.75) is 70.0 Å². The van der Waals surface area contributed by atoms with Crippen LogP contribution in [0.3, 0.4) is 0 Å². The summed E-state index contributed by atoms with van der Waals surface area (Å²) < 4.78 is 16.7. The van der Waals surface area contributed by atoms with Gasteiger partial charge in [0.05, 0.1) is 27.4 Å². The van der Waals surface area contributed by atoms with Crippen LogP contribution in [0.5, 0.6) is 17.2 Å². The number of fused-ring (bicyclic) bond motifs is 2. The summed E-state index contributed by atoms with van der Waals surface area (Å²) in [6, 6.07) is 25.9. The van der Waals surface area contributed by atoms with E-state index in [9.17, 15) is 4.79 Å². The van der Waals surface area contributed by atoms with Gasteiger partial charge in [0.1, 0.15) is 0 Å². The molecule has 3 aromatic carbocycles. The first kappa shape index (κ1) is 30.0. The van der Waals surface area contributed by atoms with E-state index < -0.39 is 0 Å². The topological polar surface area (TPSA) is 51.2 Å². The quantitative estimate of drug-likeness (QED) is 0.207. The van der Waals surface area contributed by atoms with Gasteiger partial charge in [-0.05, 0) is 86.1 Å². The van der Waals surface area contributed by atoms with Gasteiger partial charge in [-0.3, -0.25) is 9.69 Å². The Morgan fingerprint density at radius 3 is 1.95 bits per heavy atom. The van der Waals surface area contributed by atoms with Crippen LogP contribution in [0.25, 0.3) is 0 Å². The fraction of sp³-hybridized carbons (Fsp3) is 0.472. The Kier molecular flexibility index (Phi) is 10.4. The van der Waals surface area contributed by atoms with Crippen molar-refractivity contribution in [2.75, 3.05) is 34.4 Å². The molecule has 0 aromatic heterocycles. The third-order valence-electron chi connectivity index (χ3n) is 9.08. The van der Waals surface area contributed by atoms with Crippen LogP contribution < -0.4 is 14.2 Å². The third-order valence-corrected chi connectivity index (χ3v) is 9.08. The SMILES string of the molecule is COc1cc(CCCC(CCCc2ccccc2)CN2CC3CCC(C2=O)N3Cc2ccccc2)cc(OC)c1OC. The zero-order valence-corrected chi connectivity index (χ0v) is 25.5. The summed E-state index contributed by atoms with van der Waals surface area (Å²) in [4.78, 5) is 18.4. The summed E-state index contributed by atoms with van der Waals surface area (Å²) in [5.74, 6) is 2.82. The average Bonchev–Trinajstić information content (AvgIpc) is 3.33. The van der Waals surface area contributed by atoms with E-state index in [0.29, 0.717) is 35.1 Å². The number of hydrogen-bond acceptors (Lipinski definition) is 5. The number of ether oxygens (including phenoxy) is 3. The van der Waals surface area contributed by atoms with E-state index >= 15 is 0 Å². The number of nitrogens with zero attached hydrogens (tertiary/aromatic N) is 2. The van der Waals surface area contributed by atoms with E-state index in [-0.39, 0.29) is 6.04 Å². The molecule has 0 saturated carbocycles. The van der Waals surface area contributed by atoms with Crippen molar-refractivity contribution in [1.29, 1.82) is 0 Å². The second-order valence-electron chi connectivity index (χ2n) is 11.8. The van der Waals surface area contributed by atoms with Crippen molar-refractivity contribution in [1.82, 2.24) is 9.80 Å². The Hall–Kier alpha value is -3.51.